The van der Waals surface area contributed by atoms with Crippen LogP contribution in [0.1, 0.15) is 50.0 Å². The minimum atomic E-state index is 0.0702. The Kier molecular flexibility index (Phi) is 5.46. The Balaban J connectivity index is 1.72. The summed E-state index contributed by atoms with van der Waals surface area (Å²) in [6.45, 7) is 6.00. The van der Waals surface area contributed by atoms with Crippen molar-refractivity contribution in [3.8, 4) is 11.5 Å². The summed E-state index contributed by atoms with van der Waals surface area (Å²) in [6, 6.07) is 12.4. The first-order valence-electron chi connectivity index (χ1n) is 9.78. The normalized spacial score (nSPS) is 23.7. The van der Waals surface area contributed by atoms with Crippen LogP contribution < -0.4 is 14.8 Å². The van der Waals surface area contributed by atoms with E-state index in [4.69, 9.17) is 25.8 Å². The molecule has 144 valence electrons. The maximum absolute atomic E-state index is 6.25. The highest BCUT2D eigenvalue weighted by Gasteiger charge is 2.40. The zero-order valence-corrected chi connectivity index (χ0v) is 16.6. The first-order valence-corrected chi connectivity index (χ1v) is 10.2. The van der Waals surface area contributed by atoms with Crippen LogP contribution >= 0.6 is 11.6 Å². The van der Waals surface area contributed by atoms with Gasteiger partial charge >= 0.3 is 0 Å². The van der Waals surface area contributed by atoms with Crippen LogP contribution in [0.15, 0.2) is 36.4 Å². The van der Waals surface area contributed by atoms with E-state index in [1.165, 1.54) is 11.1 Å². The van der Waals surface area contributed by atoms with Crippen LogP contribution in [0.5, 0.6) is 11.5 Å². The fraction of sp³-hybridized carbons (Fsp3) is 0.455. The minimum absolute atomic E-state index is 0.0702. The molecule has 5 heteroatoms. The van der Waals surface area contributed by atoms with Crippen LogP contribution in [-0.4, -0.2) is 19.8 Å². The molecule has 27 heavy (non-hydrogen) atoms. The summed E-state index contributed by atoms with van der Waals surface area (Å²) in [6.07, 6.45) is 2.26. The Morgan fingerprint density at radius 1 is 1.07 bits per heavy atom. The van der Waals surface area contributed by atoms with Gasteiger partial charge in [-0.05, 0) is 62.6 Å². The van der Waals surface area contributed by atoms with E-state index in [0.29, 0.717) is 19.1 Å². The van der Waals surface area contributed by atoms with Gasteiger partial charge in [-0.25, -0.2) is 0 Å². The Hall–Kier alpha value is -1.91. The summed E-state index contributed by atoms with van der Waals surface area (Å²) < 4.78 is 17.8. The van der Waals surface area contributed by atoms with E-state index in [2.05, 4.69) is 23.5 Å². The van der Waals surface area contributed by atoms with Crippen molar-refractivity contribution in [2.75, 3.05) is 25.1 Å². The van der Waals surface area contributed by atoms with Crippen LogP contribution in [0, 0.1) is 5.92 Å². The smallest absolute Gasteiger partial charge is 0.161 e. The lowest BCUT2D eigenvalue weighted by atomic mass is 9.77. The lowest BCUT2D eigenvalue weighted by Crippen LogP contribution is -2.36. The highest BCUT2D eigenvalue weighted by Crippen LogP contribution is 2.50. The zero-order chi connectivity index (χ0) is 18.8. The molecule has 2 heterocycles. The van der Waals surface area contributed by atoms with Crippen molar-refractivity contribution in [1.29, 1.82) is 0 Å². The number of halogens is 1. The van der Waals surface area contributed by atoms with Crippen molar-refractivity contribution >= 4 is 17.3 Å². The quantitative estimate of drug-likeness (QED) is 0.706. The van der Waals surface area contributed by atoms with Gasteiger partial charge in [-0.1, -0.05) is 17.7 Å². The standard InChI is InChI=1S/C22H26ClNO3/c1-3-25-19-10-7-14(12-20(19)26-4-2)21-16-6-5-11-27-22(16)17-13-15(23)8-9-18(17)24-21/h7-10,12-13,16,21-22,24H,3-6,11H2,1-2H3/t16-,21?,22-/m0/s1. The molecule has 1 unspecified atom stereocenters. The van der Waals surface area contributed by atoms with Crippen molar-refractivity contribution < 1.29 is 14.2 Å². The van der Waals surface area contributed by atoms with E-state index in [1.807, 2.05) is 32.0 Å². The van der Waals surface area contributed by atoms with E-state index in [1.54, 1.807) is 0 Å². The van der Waals surface area contributed by atoms with Crippen molar-refractivity contribution in [3.63, 3.8) is 0 Å². The van der Waals surface area contributed by atoms with Crippen molar-refractivity contribution in [3.05, 3.63) is 52.5 Å². The first kappa shape index (κ1) is 18.5. The van der Waals surface area contributed by atoms with Gasteiger partial charge in [-0.15, -0.1) is 0 Å². The molecule has 0 aromatic heterocycles. The van der Waals surface area contributed by atoms with E-state index >= 15 is 0 Å². The van der Waals surface area contributed by atoms with Gasteiger partial charge < -0.3 is 19.5 Å². The second-order valence-electron chi connectivity index (χ2n) is 7.02. The first-order chi connectivity index (χ1) is 13.2. The molecule has 3 atom stereocenters. The predicted octanol–water partition coefficient (Wildman–Crippen LogP) is 5.77. The summed E-state index contributed by atoms with van der Waals surface area (Å²) in [5, 5.41) is 4.48. The second-order valence-corrected chi connectivity index (χ2v) is 7.46. The molecule has 1 fully saturated rings. The summed E-state index contributed by atoms with van der Waals surface area (Å²) in [5.74, 6) is 1.95. The van der Waals surface area contributed by atoms with Crippen LogP contribution in [-0.2, 0) is 4.74 Å². The highest BCUT2D eigenvalue weighted by atomic mass is 35.5. The predicted molar refractivity (Wildman–Crippen MR) is 108 cm³/mol. The van der Waals surface area contributed by atoms with Gasteiger partial charge in [0.15, 0.2) is 11.5 Å². The largest absolute Gasteiger partial charge is 0.490 e. The number of rotatable bonds is 5. The van der Waals surface area contributed by atoms with Crippen molar-refractivity contribution in [1.82, 2.24) is 0 Å². The van der Waals surface area contributed by atoms with Crippen molar-refractivity contribution in [2.24, 2.45) is 5.92 Å². The minimum Gasteiger partial charge on any atom is -0.490 e. The van der Waals surface area contributed by atoms with Gasteiger partial charge in [-0.2, -0.15) is 0 Å². The van der Waals surface area contributed by atoms with Crippen LogP contribution in [0.2, 0.25) is 5.02 Å². The third kappa shape index (κ3) is 3.61. The Morgan fingerprint density at radius 2 is 1.89 bits per heavy atom. The zero-order valence-electron chi connectivity index (χ0n) is 15.8. The molecule has 0 radical (unpaired) electrons. The molecule has 0 aliphatic carbocycles. The van der Waals surface area contributed by atoms with Gasteiger partial charge in [0.1, 0.15) is 0 Å². The summed E-state index contributed by atoms with van der Waals surface area (Å²) >= 11 is 6.25. The Labute approximate surface area is 165 Å². The molecule has 1 saturated heterocycles. The maximum atomic E-state index is 6.25. The Bertz CT molecular complexity index is 810. The second kappa shape index (κ2) is 7.99. The number of hydrogen-bond acceptors (Lipinski definition) is 4. The van der Waals surface area contributed by atoms with Gasteiger partial charge in [0.05, 0.1) is 25.4 Å². The number of fused-ring (bicyclic) bond motifs is 3. The average Bonchev–Trinajstić information content (AvgIpc) is 2.69. The van der Waals surface area contributed by atoms with E-state index in [-0.39, 0.29) is 12.1 Å². The van der Waals surface area contributed by atoms with Crippen molar-refractivity contribution in [2.45, 2.75) is 38.8 Å². The molecular formula is C22H26ClNO3. The number of anilines is 1. The molecule has 1 N–H and O–H groups in total. The number of hydrogen-bond donors (Lipinski definition) is 1. The van der Waals surface area contributed by atoms with Gasteiger partial charge in [0.2, 0.25) is 0 Å². The lowest BCUT2D eigenvalue weighted by molar-refractivity contribution is -0.0381. The molecule has 2 aromatic rings. The summed E-state index contributed by atoms with van der Waals surface area (Å²) in [7, 11) is 0. The monoisotopic (exact) mass is 387 g/mol. The summed E-state index contributed by atoms with van der Waals surface area (Å²) in [4.78, 5) is 0. The fourth-order valence-corrected chi connectivity index (χ4v) is 4.41. The van der Waals surface area contributed by atoms with Crippen LogP contribution in [0.25, 0.3) is 0 Å². The molecule has 2 aliphatic rings. The number of ether oxygens (including phenoxy) is 3. The molecule has 0 bridgehead atoms. The number of nitrogens with one attached hydrogen (secondary N) is 1. The van der Waals surface area contributed by atoms with Crippen LogP contribution in [0.3, 0.4) is 0 Å². The molecule has 4 nitrogen and oxygen atoms in total. The molecule has 0 saturated carbocycles. The van der Waals surface area contributed by atoms with Gasteiger partial charge in [0, 0.05) is 28.8 Å². The third-order valence-electron chi connectivity index (χ3n) is 5.35. The molecule has 0 amide bonds. The van der Waals surface area contributed by atoms with Gasteiger partial charge in [-0.3, -0.25) is 0 Å². The van der Waals surface area contributed by atoms with E-state index < -0.39 is 0 Å². The summed E-state index contributed by atoms with van der Waals surface area (Å²) in [5.41, 5.74) is 3.46. The fourth-order valence-electron chi connectivity index (χ4n) is 4.23. The molecular weight excluding hydrogens is 362 g/mol. The molecule has 2 aliphatic heterocycles. The highest BCUT2D eigenvalue weighted by molar-refractivity contribution is 6.30. The van der Waals surface area contributed by atoms with Crippen LogP contribution in [0.4, 0.5) is 5.69 Å². The molecule has 4 rings (SSSR count). The SMILES string of the molecule is CCOc1ccc(C2Nc3ccc(Cl)cc3[C@H]3OCCC[C@@H]23)cc1OCC. The van der Waals surface area contributed by atoms with Gasteiger partial charge in [0.25, 0.3) is 0 Å². The van der Waals surface area contributed by atoms with E-state index in [0.717, 1.165) is 41.7 Å². The number of benzene rings is 2. The maximum Gasteiger partial charge on any atom is 0.161 e. The Morgan fingerprint density at radius 3 is 2.70 bits per heavy atom. The molecule has 2 aromatic carbocycles. The van der Waals surface area contributed by atoms with E-state index in [9.17, 15) is 0 Å². The average molecular weight is 388 g/mol. The third-order valence-corrected chi connectivity index (χ3v) is 5.59. The topological polar surface area (TPSA) is 39.7 Å². The molecule has 0 spiro atoms. The lowest BCUT2D eigenvalue weighted by Gasteiger charge is -2.43.